The van der Waals surface area contributed by atoms with Crippen molar-refractivity contribution in [3.8, 4) is 0 Å². The van der Waals surface area contributed by atoms with Crippen LogP contribution in [0.4, 0.5) is 5.69 Å². The largest absolute Gasteiger partial charge is 0.366 e. The highest BCUT2D eigenvalue weighted by Crippen LogP contribution is 2.20. The first-order valence-electron chi connectivity index (χ1n) is 5.32. The summed E-state index contributed by atoms with van der Waals surface area (Å²) in [7, 11) is 0. The predicted octanol–water partition coefficient (Wildman–Crippen LogP) is -0.511. The van der Waals surface area contributed by atoms with Gasteiger partial charge in [0.15, 0.2) is 4.80 Å². The van der Waals surface area contributed by atoms with E-state index >= 15 is 0 Å². The maximum Gasteiger partial charge on any atom is 0.270 e. The molecule has 0 fully saturated rings. The van der Waals surface area contributed by atoms with Gasteiger partial charge in [-0.15, -0.1) is 0 Å². The van der Waals surface area contributed by atoms with Crippen LogP contribution in [0.3, 0.4) is 0 Å². The van der Waals surface area contributed by atoms with E-state index in [0.29, 0.717) is 15.9 Å². The number of fused-ring (bicyclic) bond motifs is 2. The smallest absolute Gasteiger partial charge is 0.270 e. The lowest BCUT2D eigenvalue weighted by Crippen LogP contribution is -2.33. The first-order valence-corrected chi connectivity index (χ1v) is 6.14. The minimum absolute atomic E-state index is 0.216. The van der Waals surface area contributed by atoms with E-state index in [2.05, 4.69) is 4.99 Å². The van der Waals surface area contributed by atoms with Gasteiger partial charge in [0.2, 0.25) is 5.91 Å². The molecule has 0 atom stereocenters. The molecule has 2 heterocycles. The van der Waals surface area contributed by atoms with E-state index in [1.807, 2.05) is 24.3 Å². The molecule has 2 aromatic rings. The summed E-state index contributed by atoms with van der Waals surface area (Å²) in [6, 6.07) is 7.65. The number of primary amides is 1. The normalized spacial score (nSPS) is 13.7. The van der Waals surface area contributed by atoms with E-state index in [1.54, 1.807) is 4.57 Å². The summed E-state index contributed by atoms with van der Waals surface area (Å²) in [6.07, 6.45) is 1.15. The van der Waals surface area contributed by atoms with Crippen molar-refractivity contribution in [1.29, 1.82) is 0 Å². The molecule has 0 saturated carbocycles. The molecule has 1 aromatic heterocycles. The fraction of sp³-hybridized carbons (Fsp3) is 0.0833. The summed E-state index contributed by atoms with van der Waals surface area (Å²) in [5.74, 6) is -0.621. The Morgan fingerprint density at radius 3 is 3.00 bits per heavy atom. The van der Waals surface area contributed by atoms with E-state index in [1.165, 1.54) is 11.3 Å². The number of carbonyl (C=O) groups excluding carboxylic acids is 1. The second kappa shape index (κ2) is 3.92. The molecule has 2 N–H and O–H groups in total. The zero-order valence-corrected chi connectivity index (χ0v) is 10.1. The number of amides is 1. The quantitative estimate of drug-likeness (QED) is 0.639. The lowest BCUT2D eigenvalue weighted by molar-refractivity contribution is -0.112. The molecule has 0 aliphatic carbocycles. The van der Waals surface area contributed by atoms with Gasteiger partial charge < -0.3 is 5.73 Å². The number of rotatable bonds is 1. The Morgan fingerprint density at radius 1 is 1.44 bits per heavy atom. The standard InChI is InChI=1S/C12H9N3O2S/c13-10(16)5-9-11(17)15-6-7-3-1-2-4-8(7)14-12(15)18-9/h1-5H,6H2,(H2,13,16)/b9-5+. The Hall–Kier alpha value is -2.21. The van der Waals surface area contributed by atoms with Crippen LogP contribution < -0.4 is 20.6 Å². The Labute approximate surface area is 106 Å². The van der Waals surface area contributed by atoms with Crippen molar-refractivity contribution in [2.24, 2.45) is 10.7 Å². The second-order valence-electron chi connectivity index (χ2n) is 3.93. The molecule has 0 radical (unpaired) electrons. The van der Waals surface area contributed by atoms with Gasteiger partial charge in [-0.05, 0) is 11.6 Å². The topological polar surface area (TPSA) is 77.5 Å². The van der Waals surface area contributed by atoms with Crippen LogP contribution in [-0.4, -0.2) is 10.5 Å². The van der Waals surface area contributed by atoms with E-state index in [4.69, 9.17) is 5.73 Å². The molecule has 6 heteroatoms. The lowest BCUT2D eigenvalue weighted by atomic mass is 10.1. The highest BCUT2D eigenvalue weighted by atomic mass is 32.1. The molecule has 5 nitrogen and oxygen atoms in total. The number of nitrogens with zero attached hydrogens (tertiary/aromatic N) is 2. The first-order chi connectivity index (χ1) is 8.65. The van der Waals surface area contributed by atoms with Crippen molar-refractivity contribution in [2.75, 3.05) is 0 Å². The second-order valence-corrected chi connectivity index (χ2v) is 4.94. The van der Waals surface area contributed by atoms with Crippen molar-refractivity contribution in [2.45, 2.75) is 6.54 Å². The average Bonchev–Trinajstić information content (AvgIpc) is 2.63. The number of hydrogen-bond donors (Lipinski definition) is 1. The highest BCUT2D eigenvalue weighted by molar-refractivity contribution is 7.07. The molecule has 0 unspecified atom stereocenters. The number of nitrogens with two attached hydrogens (primary N) is 1. The van der Waals surface area contributed by atoms with Gasteiger partial charge in [-0.3, -0.25) is 14.2 Å². The maximum atomic E-state index is 12.0. The van der Waals surface area contributed by atoms with Crippen LogP contribution in [0.5, 0.6) is 0 Å². The number of thiazole rings is 1. The maximum absolute atomic E-state index is 12.0. The van der Waals surface area contributed by atoms with Crippen LogP contribution in [0, 0.1) is 0 Å². The van der Waals surface area contributed by atoms with E-state index < -0.39 is 5.91 Å². The Kier molecular flexibility index (Phi) is 2.38. The van der Waals surface area contributed by atoms with Crippen molar-refractivity contribution in [3.63, 3.8) is 0 Å². The van der Waals surface area contributed by atoms with Crippen LogP contribution in [-0.2, 0) is 11.3 Å². The molecule has 1 amide bonds. The summed E-state index contributed by atoms with van der Waals surface area (Å²) in [4.78, 5) is 27.9. The Bertz CT molecular complexity index is 817. The third-order valence-electron chi connectivity index (χ3n) is 2.70. The van der Waals surface area contributed by atoms with Gasteiger partial charge in [0.25, 0.3) is 5.56 Å². The fourth-order valence-electron chi connectivity index (χ4n) is 1.89. The predicted molar refractivity (Wildman–Crippen MR) is 68.2 cm³/mol. The van der Waals surface area contributed by atoms with Crippen LogP contribution in [0.1, 0.15) is 5.56 Å². The zero-order valence-electron chi connectivity index (χ0n) is 9.29. The number of benzene rings is 1. The number of carbonyl (C=O) groups is 1. The number of aromatic nitrogens is 1. The number of hydrogen-bond acceptors (Lipinski definition) is 4. The molecule has 1 aromatic carbocycles. The van der Waals surface area contributed by atoms with E-state index in [0.717, 1.165) is 17.3 Å². The van der Waals surface area contributed by atoms with E-state index in [-0.39, 0.29) is 5.56 Å². The van der Waals surface area contributed by atoms with Crippen LogP contribution in [0.25, 0.3) is 6.08 Å². The lowest BCUT2D eigenvalue weighted by Gasteiger charge is -2.10. The average molecular weight is 259 g/mol. The van der Waals surface area contributed by atoms with Gasteiger partial charge in [0.1, 0.15) is 4.53 Å². The summed E-state index contributed by atoms with van der Waals surface area (Å²) in [6.45, 7) is 0.483. The van der Waals surface area contributed by atoms with Crippen molar-refractivity contribution in [3.05, 3.63) is 49.5 Å². The van der Waals surface area contributed by atoms with Crippen molar-refractivity contribution >= 4 is 29.0 Å². The Morgan fingerprint density at radius 2 is 2.22 bits per heavy atom. The molecule has 1 aliphatic rings. The fourth-order valence-corrected chi connectivity index (χ4v) is 2.86. The molecular formula is C12H9N3O2S. The summed E-state index contributed by atoms with van der Waals surface area (Å²) < 4.78 is 1.89. The van der Waals surface area contributed by atoms with Gasteiger partial charge in [0, 0.05) is 6.08 Å². The van der Waals surface area contributed by atoms with Crippen molar-refractivity contribution < 1.29 is 4.79 Å². The minimum atomic E-state index is -0.621. The van der Waals surface area contributed by atoms with Crippen LogP contribution in [0.2, 0.25) is 0 Å². The molecule has 1 aliphatic heterocycles. The number of para-hydroxylation sites is 1. The van der Waals surface area contributed by atoms with Crippen LogP contribution >= 0.6 is 11.3 Å². The summed E-state index contributed by atoms with van der Waals surface area (Å²) in [5.41, 5.74) is 6.71. The van der Waals surface area contributed by atoms with Gasteiger partial charge in [-0.1, -0.05) is 29.5 Å². The minimum Gasteiger partial charge on any atom is -0.366 e. The van der Waals surface area contributed by atoms with Gasteiger partial charge >= 0.3 is 0 Å². The third-order valence-corrected chi connectivity index (χ3v) is 3.70. The van der Waals surface area contributed by atoms with Gasteiger partial charge in [0.05, 0.1) is 12.2 Å². The molecule has 0 saturated heterocycles. The monoisotopic (exact) mass is 259 g/mol. The van der Waals surface area contributed by atoms with E-state index in [9.17, 15) is 9.59 Å². The van der Waals surface area contributed by atoms with Gasteiger partial charge in [-0.2, -0.15) is 0 Å². The van der Waals surface area contributed by atoms with Gasteiger partial charge in [-0.25, -0.2) is 4.99 Å². The Balaban J connectivity index is 2.30. The van der Waals surface area contributed by atoms with Crippen molar-refractivity contribution in [1.82, 2.24) is 4.57 Å². The molecular weight excluding hydrogens is 250 g/mol. The summed E-state index contributed by atoms with van der Waals surface area (Å²) >= 11 is 1.18. The molecule has 90 valence electrons. The molecule has 18 heavy (non-hydrogen) atoms. The highest BCUT2D eigenvalue weighted by Gasteiger charge is 2.13. The van der Waals surface area contributed by atoms with Crippen LogP contribution in [0.15, 0.2) is 34.1 Å². The SMILES string of the molecule is NC(=O)/C=c1/sc2n(c1=O)Cc1ccccc1N=2. The first kappa shape index (κ1) is 10.9. The molecule has 0 spiro atoms. The zero-order chi connectivity index (χ0) is 12.7. The molecule has 3 rings (SSSR count). The third kappa shape index (κ3) is 1.67. The summed E-state index contributed by atoms with van der Waals surface area (Å²) in [5, 5.41) is 0. The molecule has 0 bridgehead atoms.